The van der Waals surface area contributed by atoms with Crippen LogP contribution in [-0.4, -0.2) is 28.8 Å². The van der Waals surface area contributed by atoms with Gasteiger partial charge < -0.3 is 20.0 Å². The van der Waals surface area contributed by atoms with E-state index in [1.54, 1.807) is 0 Å². The summed E-state index contributed by atoms with van der Waals surface area (Å²) in [5.74, 6) is -1.07. The quantitative estimate of drug-likeness (QED) is 0.292. The number of ether oxygens (including phenoxy) is 1. The number of alkyl halides is 6. The summed E-state index contributed by atoms with van der Waals surface area (Å²) >= 11 is 6.00. The maximum Gasteiger partial charge on any atom is 0.573 e. The zero-order valence-corrected chi connectivity index (χ0v) is 17.2. The molecule has 0 unspecified atom stereocenters. The summed E-state index contributed by atoms with van der Waals surface area (Å²) in [4.78, 5) is 17.5. The molecule has 2 aromatic carbocycles. The Labute approximate surface area is 186 Å². The number of benzene rings is 2. The van der Waals surface area contributed by atoms with Gasteiger partial charge in [0.1, 0.15) is 17.1 Å². The van der Waals surface area contributed by atoms with Crippen molar-refractivity contribution in [3.8, 4) is 5.75 Å². The van der Waals surface area contributed by atoms with Crippen LogP contribution in [0.1, 0.15) is 21.7 Å². The van der Waals surface area contributed by atoms with E-state index in [0.717, 1.165) is 12.1 Å². The molecule has 0 bridgehead atoms. The minimum absolute atomic E-state index is 0.0344. The number of aromatic amines is 2. The van der Waals surface area contributed by atoms with E-state index in [0.29, 0.717) is 16.3 Å². The number of hydrogen-bond acceptors (Lipinski definition) is 2. The van der Waals surface area contributed by atoms with E-state index < -0.39 is 29.9 Å². The molecule has 1 amide bonds. The Morgan fingerprint density at radius 3 is 2.48 bits per heavy atom. The number of aromatic nitrogens is 2. The lowest BCUT2D eigenvalue weighted by molar-refractivity contribution is -0.274. The molecule has 3 N–H and O–H groups in total. The first kappa shape index (κ1) is 22.8. The van der Waals surface area contributed by atoms with Crippen LogP contribution in [0.15, 0.2) is 42.5 Å². The van der Waals surface area contributed by atoms with Crippen LogP contribution in [0.2, 0.25) is 5.02 Å². The fourth-order valence-electron chi connectivity index (χ4n) is 3.57. The second-order valence-corrected chi connectivity index (χ2v) is 7.53. The molecular formula is C21H14ClF6N3O2. The molecule has 4 rings (SSSR count). The molecule has 0 saturated heterocycles. The number of rotatable bonds is 5. The lowest BCUT2D eigenvalue weighted by Gasteiger charge is -2.09. The Hall–Kier alpha value is -3.34. The van der Waals surface area contributed by atoms with Crippen LogP contribution in [0.4, 0.5) is 26.3 Å². The van der Waals surface area contributed by atoms with Gasteiger partial charge in [-0.1, -0.05) is 23.7 Å². The summed E-state index contributed by atoms with van der Waals surface area (Å²) in [7, 11) is 0. The largest absolute Gasteiger partial charge is 0.573 e. The van der Waals surface area contributed by atoms with Gasteiger partial charge in [-0.2, -0.15) is 13.2 Å². The van der Waals surface area contributed by atoms with Gasteiger partial charge in [-0.25, -0.2) is 0 Å². The van der Waals surface area contributed by atoms with Crippen LogP contribution < -0.4 is 10.1 Å². The smallest absolute Gasteiger partial charge is 0.406 e. The fourth-order valence-corrected chi connectivity index (χ4v) is 3.79. The summed E-state index contributed by atoms with van der Waals surface area (Å²) in [5, 5.41) is 3.25. The first-order chi connectivity index (χ1) is 15.4. The molecule has 0 saturated carbocycles. The molecule has 0 aliphatic carbocycles. The van der Waals surface area contributed by atoms with Crippen LogP contribution in [0, 0.1) is 0 Å². The number of para-hydroxylation sites is 1. The van der Waals surface area contributed by atoms with E-state index in [9.17, 15) is 31.1 Å². The van der Waals surface area contributed by atoms with E-state index in [2.05, 4.69) is 20.0 Å². The third-order valence-corrected chi connectivity index (χ3v) is 5.22. The number of carbonyl (C=O) groups is 1. The average Bonchev–Trinajstić information content (AvgIpc) is 3.29. The topological polar surface area (TPSA) is 69.9 Å². The third-order valence-electron chi connectivity index (χ3n) is 4.90. The minimum Gasteiger partial charge on any atom is -0.406 e. The third kappa shape index (κ3) is 4.87. The molecule has 0 fully saturated rings. The maximum absolute atomic E-state index is 13.5. The van der Waals surface area contributed by atoms with Gasteiger partial charge in [0.2, 0.25) is 0 Å². The highest BCUT2D eigenvalue weighted by atomic mass is 35.5. The number of nitrogens with one attached hydrogen (secondary N) is 3. The van der Waals surface area contributed by atoms with Crippen LogP contribution >= 0.6 is 11.6 Å². The zero-order chi connectivity index (χ0) is 24.0. The Kier molecular flexibility index (Phi) is 5.69. The zero-order valence-electron chi connectivity index (χ0n) is 16.4. The van der Waals surface area contributed by atoms with Gasteiger partial charge >= 0.3 is 12.5 Å². The predicted octanol–water partition coefficient (Wildman–Crippen LogP) is 6.19. The van der Waals surface area contributed by atoms with E-state index in [1.165, 1.54) is 30.3 Å². The SMILES string of the molecule is O=C(NCCc1c(C(F)(F)F)[nH]c2c(Cl)cccc12)c1cc2cc(OC(F)(F)F)ccc2[nH]1. The highest BCUT2D eigenvalue weighted by molar-refractivity contribution is 6.35. The number of carbonyl (C=O) groups excluding carboxylic acids is 1. The molecule has 0 radical (unpaired) electrons. The maximum atomic E-state index is 13.5. The van der Waals surface area contributed by atoms with Crippen molar-refractivity contribution in [3.63, 3.8) is 0 Å². The van der Waals surface area contributed by atoms with Crippen molar-refractivity contribution in [2.75, 3.05) is 6.54 Å². The number of H-pyrrole nitrogens is 2. The molecule has 0 spiro atoms. The summed E-state index contributed by atoms with van der Waals surface area (Å²) < 4.78 is 81.4. The monoisotopic (exact) mass is 489 g/mol. The summed E-state index contributed by atoms with van der Waals surface area (Å²) in [6, 6.07) is 9.34. The second-order valence-electron chi connectivity index (χ2n) is 7.12. The van der Waals surface area contributed by atoms with Crippen molar-refractivity contribution < 1.29 is 35.9 Å². The normalized spacial score (nSPS) is 12.5. The van der Waals surface area contributed by atoms with Crippen molar-refractivity contribution >= 4 is 39.3 Å². The van der Waals surface area contributed by atoms with Gasteiger partial charge in [0.15, 0.2) is 0 Å². The van der Waals surface area contributed by atoms with Crippen molar-refractivity contribution in [1.82, 2.24) is 15.3 Å². The number of hydrogen-bond donors (Lipinski definition) is 3. The van der Waals surface area contributed by atoms with Gasteiger partial charge in [0, 0.05) is 22.8 Å². The van der Waals surface area contributed by atoms with Gasteiger partial charge in [0.25, 0.3) is 5.91 Å². The molecule has 174 valence electrons. The van der Waals surface area contributed by atoms with Crippen LogP contribution in [0.3, 0.4) is 0 Å². The Bertz CT molecular complexity index is 1340. The molecular weight excluding hydrogens is 476 g/mol. The molecule has 2 heterocycles. The molecule has 12 heteroatoms. The van der Waals surface area contributed by atoms with Gasteiger partial charge in [0.05, 0.1) is 10.5 Å². The Morgan fingerprint density at radius 2 is 1.79 bits per heavy atom. The van der Waals surface area contributed by atoms with Crippen molar-refractivity contribution in [3.05, 3.63) is 64.4 Å². The Balaban J connectivity index is 1.50. The number of fused-ring (bicyclic) bond motifs is 2. The molecule has 33 heavy (non-hydrogen) atoms. The Morgan fingerprint density at radius 1 is 1.03 bits per heavy atom. The van der Waals surface area contributed by atoms with E-state index >= 15 is 0 Å². The van der Waals surface area contributed by atoms with Crippen molar-refractivity contribution in [2.24, 2.45) is 0 Å². The summed E-state index contributed by atoms with van der Waals surface area (Å²) in [6.07, 6.45) is -9.63. The predicted molar refractivity (Wildman–Crippen MR) is 109 cm³/mol. The molecule has 0 aliphatic rings. The number of amides is 1. The van der Waals surface area contributed by atoms with Crippen molar-refractivity contribution in [1.29, 1.82) is 0 Å². The van der Waals surface area contributed by atoms with Gasteiger partial charge in [-0.05, 0) is 42.3 Å². The molecule has 4 aromatic rings. The van der Waals surface area contributed by atoms with Crippen LogP contribution in [0.25, 0.3) is 21.8 Å². The van der Waals surface area contributed by atoms with Crippen LogP contribution in [0.5, 0.6) is 5.75 Å². The lowest BCUT2D eigenvalue weighted by Crippen LogP contribution is -2.26. The fraction of sp³-hybridized carbons (Fsp3) is 0.190. The van der Waals surface area contributed by atoms with Gasteiger partial charge in [-0.15, -0.1) is 13.2 Å². The van der Waals surface area contributed by atoms with E-state index in [-0.39, 0.29) is 34.8 Å². The van der Waals surface area contributed by atoms with Crippen LogP contribution in [-0.2, 0) is 12.6 Å². The van der Waals surface area contributed by atoms with Crippen molar-refractivity contribution in [2.45, 2.75) is 19.0 Å². The standard InChI is InChI=1S/C21H14ClF6N3O2/c22-14-3-1-2-12-13(18(20(23,24)25)31-17(12)14)6-7-29-19(32)16-9-10-8-11(33-21(26,27)28)4-5-15(10)30-16/h1-5,8-9,30-31H,6-7H2,(H,29,32). The molecule has 0 aliphatic heterocycles. The molecule has 0 atom stereocenters. The molecule has 2 aromatic heterocycles. The minimum atomic E-state index is -4.86. The summed E-state index contributed by atoms with van der Waals surface area (Å²) in [6.45, 7) is -0.126. The second kappa shape index (κ2) is 8.22. The summed E-state index contributed by atoms with van der Waals surface area (Å²) in [5.41, 5.74) is -0.402. The van der Waals surface area contributed by atoms with E-state index in [1.807, 2.05) is 0 Å². The first-order valence-electron chi connectivity index (χ1n) is 9.45. The van der Waals surface area contributed by atoms with E-state index in [4.69, 9.17) is 11.6 Å². The highest BCUT2D eigenvalue weighted by Crippen LogP contribution is 2.37. The highest BCUT2D eigenvalue weighted by Gasteiger charge is 2.36. The van der Waals surface area contributed by atoms with Gasteiger partial charge in [-0.3, -0.25) is 4.79 Å². The lowest BCUT2D eigenvalue weighted by atomic mass is 10.1. The number of halogens is 7. The first-order valence-corrected chi connectivity index (χ1v) is 9.83. The average molecular weight is 490 g/mol. The molecule has 5 nitrogen and oxygen atoms in total.